The van der Waals surface area contributed by atoms with E-state index in [0.717, 1.165) is 0 Å². The van der Waals surface area contributed by atoms with Crippen molar-refractivity contribution in [2.75, 3.05) is 32.4 Å². The van der Waals surface area contributed by atoms with Crippen molar-refractivity contribution in [3.05, 3.63) is 5.32 Å². The van der Waals surface area contributed by atoms with Gasteiger partial charge in [0.15, 0.2) is 0 Å². The third kappa shape index (κ3) is 1.93. The number of rotatable bonds is 1. The molecule has 0 N–H and O–H groups in total. The van der Waals surface area contributed by atoms with Crippen LogP contribution in [-0.2, 0) is 10.0 Å². The molecular formula is C5H11N2O2S-. The van der Waals surface area contributed by atoms with Crippen molar-refractivity contribution in [3.8, 4) is 0 Å². The highest BCUT2D eigenvalue weighted by Crippen LogP contribution is 2.04. The van der Waals surface area contributed by atoms with Crippen LogP contribution in [0.15, 0.2) is 0 Å². The molecule has 0 unspecified atom stereocenters. The van der Waals surface area contributed by atoms with Gasteiger partial charge in [0.1, 0.15) is 0 Å². The number of hydrogen-bond acceptors (Lipinski definition) is 2. The smallest absolute Gasteiger partial charge is 0.211 e. The third-order valence-corrected chi connectivity index (χ3v) is 2.79. The zero-order valence-electron chi connectivity index (χ0n) is 5.95. The Balaban J connectivity index is 2.56. The van der Waals surface area contributed by atoms with E-state index in [2.05, 4.69) is 5.32 Å². The maximum Gasteiger partial charge on any atom is 0.211 e. The molecule has 1 aliphatic rings. The lowest BCUT2D eigenvalue weighted by atomic mass is 10.4. The predicted octanol–water partition coefficient (Wildman–Crippen LogP) is -0.365. The zero-order valence-corrected chi connectivity index (χ0v) is 6.76. The minimum absolute atomic E-state index is 0.554. The van der Waals surface area contributed by atoms with Gasteiger partial charge in [-0.25, -0.2) is 12.7 Å². The molecule has 0 amide bonds. The summed E-state index contributed by atoms with van der Waals surface area (Å²) in [5, 5.41) is 4.03. The molecule has 0 aromatic carbocycles. The molecule has 0 saturated carbocycles. The van der Waals surface area contributed by atoms with Crippen molar-refractivity contribution in [1.29, 1.82) is 0 Å². The molecule has 1 heterocycles. The molecule has 1 rings (SSSR count). The average molecular weight is 163 g/mol. The molecule has 10 heavy (non-hydrogen) atoms. The molecule has 0 atom stereocenters. The van der Waals surface area contributed by atoms with Gasteiger partial charge >= 0.3 is 0 Å². The van der Waals surface area contributed by atoms with Crippen LogP contribution < -0.4 is 0 Å². The van der Waals surface area contributed by atoms with Crippen LogP contribution in [-0.4, -0.2) is 45.2 Å². The van der Waals surface area contributed by atoms with Gasteiger partial charge in [-0.2, -0.15) is 0 Å². The van der Waals surface area contributed by atoms with Crippen molar-refractivity contribution < 1.29 is 8.42 Å². The second kappa shape index (κ2) is 2.86. The van der Waals surface area contributed by atoms with E-state index in [-0.39, 0.29) is 0 Å². The van der Waals surface area contributed by atoms with Crippen molar-refractivity contribution in [2.24, 2.45) is 0 Å². The third-order valence-electron chi connectivity index (χ3n) is 1.48. The van der Waals surface area contributed by atoms with Gasteiger partial charge in [0.25, 0.3) is 0 Å². The summed E-state index contributed by atoms with van der Waals surface area (Å²) in [5.74, 6) is 0. The Morgan fingerprint density at radius 3 is 2.10 bits per heavy atom. The van der Waals surface area contributed by atoms with Gasteiger partial charge in [-0.05, 0) is 13.1 Å². The van der Waals surface area contributed by atoms with E-state index in [1.165, 1.54) is 10.6 Å². The molecule has 1 fully saturated rings. The Labute approximate surface area is 61.3 Å². The highest BCUT2D eigenvalue weighted by Gasteiger charge is 2.13. The molecule has 0 bridgehead atoms. The molecule has 1 saturated heterocycles. The van der Waals surface area contributed by atoms with Gasteiger partial charge in [0, 0.05) is 0 Å². The average Bonchev–Trinajstić information content (AvgIpc) is 1.88. The molecular weight excluding hydrogens is 152 g/mol. The van der Waals surface area contributed by atoms with Crippen LogP contribution in [0.2, 0.25) is 0 Å². The van der Waals surface area contributed by atoms with E-state index in [0.29, 0.717) is 26.2 Å². The van der Waals surface area contributed by atoms with E-state index in [4.69, 9.17) is 0 Å². The summed E-state index contributed by atoms with van der Waals surface area (Å²) in [6.45, 7) is 2.40. The number of sulfonamides is 1. The minimum Gasteiger partial charge on any atom is -0.660 e. The zero-order chi connectivity index (χ0) is 7.61. The molecule has 5 heteroatoms. The summed E-state index contributed by atoms with van der Waals surface area (Å²) in [4.78, 5) is 0. The maximum absolute atomic E-state index is 10.9. The van der Waals surface area contributed by atoms with Crippen LogP contribution in [0.4, 0.5) is 0 Å². The molecule has 1 aliphatic heterocycles. The van der Waals surface area contributed by atoms with Gasteiger partial charge in [0.05, 0.1) is 6.26 Å². The van der Waals surface area contributed by atoms with Crippen molar-refractivity contribution in [1.82, 2.24) is 4.31 Å². The fourth-order valence-electron chi connectivity index (χ4n) is 0.920. The summed E-state index contributed by atoms with van der Waals surface area (Å²) in [7, 11) is -2.95. The van der Waals surface area contributed by atoms with Crippen LogP contribution >= 0.6 is 0 Å². The molecule has 0 aromatic rings. The predicted molar refractivity (Wildman–Crippen MR) is 39.5 cm³/mol. The lowest BCUT2D eigenvalue weighted by molar-refractivity contribution is 0.418. The van der Waals surface area contributed by atoms with Crippen molar-refractivity contribution in [3.63, 3.8) is 0 Å². The van der Waals surface area contributed by atoms with Crippen molar-refractivity contribution in [2.45, 2.75) is 0 Å². The van der Waals surface area contributed by atoms with Crippen LogP contribution in [0, 0.1) is 0 Å². The first-order valence-electron chi connectivity index (χ1n) is 3.19. The summed E-state index contributed by atoms with van der Waals surface area (Å²) < 4.78 is 23.2. The SMILES string of the molecule is CS(=O)(=O)N1CC[N-]CC1. The standard InChI is InChI=1S/C5H11N2O2S/c1-10(8,9)7-4-2-6-3-5-7/h2-5H2,1H3/q-1. The summed E-state index contributed by atoms with van der Waals surface area (Å²) in [6, 6.07) is 0. The van der Waals surface area contributed by atoms with Crippen LogP contribution in [0.25, 0.3) is 5.32 Å². The van der Waals surface area contributed by atoms with Crippen LogP contribution in [0.3, 0.4) is 0 Å². The highest BCUT2D eigenvalue weighted by atomic mass is 32.2. The first kappa shape index (κ1) is 7.97. The van der Waals surface area contributed by atoms with E-state index in [1.54, 1.807) is 0 Å². The lowest BCUT2D eigenvalue weighted by Gasteiger charge is -2.33. The summed E-state index contributed by atoms with van der Waals surface area (Å²) >= 11 is 0. The molecule has 0 spiro atoms. The topological polar surface area (TPSA) is 51.5 Å². The highest BCUT2D eigenvalue weighted by molar-refractivity contribution is 7.88. The Bertz CT molecular complexity index is 194. The van der Waals surface area contributed by atoms with Gasteiger partial charge in [-0.15, -0.1) is 13.1 Å². The van der Waals surface area contributed by atoms with Crippen LogP contribution in [0.1, 0.15) is 0 Å². The Morgan fingerprint density at radius 2 is 1.80 bits per heavy atom. The van der Waals surface area contributed by atoms with Gasteiger partial charge in [-0.3, -0.25) is 0 Å². The monoisotopic (exact) mass is 163 g/mol. The minimum atomic E-state index is -2.95. The van der Waals surface area contributed by atoms with E-state index < -0.39 is 10.0 Å². The molecule has 60 valence electrons. The van der Waals surface area contributed by atoms with E-state index >= 15 is 0 Å². The van der Waals surface area contributed by atoms with Gasteiger partial charge < -0.3 is 5.32 Å². The van der Waals surface area contributed by atoms with Gasteiger partial charge in [-0.1, -0.05) is 0 Å². The van der Waals surface area contributed by atoms with Crippen LogP contribution in [0.5, 0.6) is 0 Å². The number of nitrogens with zero attached hydrogens (tertiary/aromatic N) is 2. The maximum atomic E-state index is 10.9. The van der Waals surface area contributed by atoms with E-state index in [1.807, 2.05) is 0 Å². The second-order valence-corrected chi connectivity index (χ2v) is 4.32. The fourth-order valence-corrected chi connectivity index (χ4v) is 1.75. The first-order valence-corrected chi connectivity index (χ1v) is 5.04. The van der Waals surface area contributed by atoms with Gasteiger partial charge in [0.2, 0.25) is 10.0 Å². The molecule has 0 aliphatic carbocycles. The summed E-state index contributed by atoms with van der Waals surface area (Å²) in [6.07, 6.45) is 1.23. The Hall–Kier alpha value is -0.130. The second-order valence-electron chi connectivity index (χ2n) is 2.33. The molecule has 0 aromatic heterocycles. The number of hydrogen-bond donors (Lipinski definition) is 0. The molecule has 0 radical (unpaired) electrons. The first-order chi connectivity index (χ1) is 4.61. The Kier molecular flexibility index (Phi) is 2.28. The largest absolute Gasteiger partial charge is 0.660 e. The lowest BCUT2D eigenvalue weighted by Crippen LogP contribution is -2.38. The Morgan fingerprint density at radius 1 is 1.30 bits per heavy atom. The fraction of sp³-hybridized carbons (Fsp3) is 1.00. The quantitative estimate of drug-likeness (QED) is 0.530. The normalized spacial score (nSPS) is 22.9. The van der Waals surface area contributed by atoms with Crippen molar-refractivity contribution >= 4 is 10.0 Å². The van der Waals surface area contributed by atoms with E-state index in [9.17, 15) is 8.42 Å². The summed E-state index contributed by atoms with van der Waals surface area (Å²) in [5.41, 5.74) is 0. The molecule has 4 nitrogen and oxygen atoms in total. The number of piperazine rings is 1.